The average molecular weight is 234 g/mol. The summed E-state index contributed by atoms with van der Waals surface area (Å²) in [7, 11) is 0. The third-order valence-corrected chi connectivity index (χ3v) is 2.18. The third kappa shape index (κ3) is 2.22. The first-order chi connectivity index (χ1) is 8.10. The molecule has 2 aromatic heterocycles. The number of aromatic nitrogens is 4. The Kier molecular flexibility index (Phi) is 2.73. The number of aromatic amines is 1. The largest absolute Gasteiger partial charge is 0.476 e. The van der Waals surface area contributed by atoms with E-state index in [1.54, 1.807) is 0 Å². The predicted molar refractivity (Wildman–Crippen MR) is 58.3 cm³/mol. The molecular weight excluding hydrogens is 224 g/mol. The number of aromatic carboxylic acids is 1. The molecule has 0 saturated carbocycles. The lowest BCUT2D eigenvalue weighted by molar-refractivity contribution is 0.0691. The van der Waals surface area contributed by atoms with Crippen molar-refractivity contribution in [2.75, 3.05) is 0 Å². The smallest absolute Gasteiger partial charge is 0.356 e. The zero-order valence-corrected chi connectivity index (χ0v) is 9.04. The highest BCUT2D eigenvalue weighted by molar-refractivity contribution is 5.85. The summed E-state index contributed by atoms with van der Waals surface area (Å²) in [6.07, 6.45) is 3.21. The molecule has 88 valence electrons. The number of nitrogens with zero attached hydrogens (tertiary/aromatic N) is 3. The minimum atomic E-state index is -1.12. The molecule has 0 aliphatic rings. The Morgan fingerprint density at radius 2 is 2.35 bits per heavy atom. The number of H-pyrrole nitrogens is 1. The molecule has 0 unspecified atom stereocenters. The number of carbonyl (C=O) groups is 1. The van der Waals surface area contributed by atoms with Gasteiger partial charge < -0.3 is 10.1 Å². The van der Waals surface area contributed by atoms with Gasteiger partial charge in [-0.2, -0.15) is 0 Å². The van der Waals surface area contributed by atoms with Crippen LogP contribution in [-0.2, 0) is 6.42 Å². The van der Waals surface area contributed by atoms with Crippen LogP contribution in [0.25, 0.3) is 5.82 Å². The van der Waals surface area contributed by atoms with Gasteiger partial charge in [-0.15, -0.1) is 0 Å². The third-order valence-electron chi connectivity index (χ3n) is 2.18. The zero-order valence-electron chi connectivity index (χ0n) is 9.04. The fraction of sp³-hybridized carbons (Fsp3) is 0.200. The Morgan fingerprint density at radius 3 is 2.94 bits per heavy atom. The van der Waals surface area contributed by atoms with Gasteiger partial charge in [-0.05, 0) is 0 Å². The van der Waals surface area contributed by atoms with Gasteiger partial charge in [0.05, 0.1) is 0 Å². The molecule has 7 heteroatoms. The lowest BCUT2D eigenvalue weighted by Crippen LogP contribution is -2.12. The van der Waals surface area contributed by atoms with Crippen LogP contribution in [0.15, 0.2) is 23.4 Å². The van der Waals surface area contributed by atoms with E-state index in [-0.39, 0.29) is 11.3 Å². The summed E-state index contributed by atoms with van der Waals surface area (Å²) in [5.74, 6) is -0.229. The van der Waals surface area contributed by atoms with Crippen LogP contribution in [0.3, 0.4) is 0 Å². The first-order valence-corrected chi connectivity index (χ1v) is 4.98. The lowest BCUT2D eigenvalue weighted by Gasteiger charge is -2.02. The second kappa shape index (κ2) is 4.20. The van der Waals surface area contributed by atoms with Crippen molar-refractivity contribution in [1.82, 2.24) is 19.5 Å². The molecule has 0 amide bonds. The van der Waals surface area contributed by atoms with Crippen molar-refractivity contribution in [3.05, 3.63) is 40.5 Å². The maximum atomic E-state index is 11.3. The fourth-order valence-corrected chi connectivity index (χ4v) is 1.35. The van der Waals surface area contributed by atoms with Crippen molar-refractivity contribution in [3.8, 4) is 5.82 Å². The first kappa shape index (κ1) is 11.1. The normalized spacial score (nSPS) is 10.4. The van der Waals surface area contributed by atoms with Gasteiger partial charge in [-0.3, -0.25) is 9.36 Å². The van der Waals surface area contributed by atoms with Crippen molar-refractivity contribution in [1.29, 1.82) is 0 Å². The molecule has 17 heavy (non-hydrogen) atoms. The van der Waals surface area contributed by atoms with E-state index in [9.17, 15) is 9.59 Å². The number of carboxylic acids is 1. The summed E-state index contributed by atoms with van der Waals surface area (Å²) in [5.41, 5.74) is -0.373. The summed E-state index contributed by atoms with van der Waals surface area (Å²) in [5, 5.41) is 8.74. The topological polar surface area (TPSA) is 101 Å². The van der Waals surface area contributed by atoms with Crippen molar-refractivity contribution in [2.45, 2.75) is 13.3 Å². The van der Waals surface area contributed by atoms with Crippen LogP contribution in [0.2, 0.25) is 0 Å². The van der Waals surface area contributed by atoms with Crippen LogP contribution in [0.1, 0.15) is 23.2 Å². The zero-order chi connectivity index (χ0) is 12.4. The van der Waals surface area contributed by atoms with Gasteiger partial charge in [0.1, 0.15) is 18.0 Å². The van der Waals surface area contributed by atoms with E-state index in [0.29, 0.717) is 18.1 Å². The van der Waals surface area contributed by atoms with Gasteiger partial charge in [0, 0.05) is 18.7 Å². The van der Waals surface area contributed by atoms with E-state index in [1.165, 1.54) is 23.2 Å². The Morgan fingerprint density at radius 1 is 1.59 bits per heavy atom. The monoisotopic (exact) mass is 234 g/mol. The number of rotatable bonds is 3. The molecule has 2 rings (SSSR count). The molecule has 0 aromatic carbocycles. The van der Waals surface area contributed by atoms with Crippen LogP contribution >= 0.6 is 0 Å². The number of hydrogen-bond donors (Lipinski definition) is 2. The van der Waals surface area contributed by atoms with Crippen LogP contribution in [-0.4, -0.2) is 30.6 Å². The van der Waals surface area contributed by atoms with Crippen LogP contribution in [0.5, 0.6) is 0 Å². The van der Waals surface area contributed by atoms with E-state index >= 15 is 0 Å². The Hall–Kier alpha value is -2.44. The SMILES string of the molecule is CCc1nc(-n2cnc(C(=O)O)c2)cc(=O)[nH]1. The summed E-state index contributed by atoms with van der Waals surface area (Å²) in [4.78, 5) is 32.4. The molecule has 0 aliphatic heterocycles. The molecule has 0 radical (unpaired) electrons. The fourth-order valence-electron chi connectivity index (χ4n) is 1.35. The van der Waals surface area contributed by atoms with Gasteiger partial charge in [0.25, 0.3) is 5.56 Å². The molecule has 0 spiro atoms. The maximum absolute atomic E-state index is 11.3. The molecule has 2 heterocycles. The van der Waals surface area contributed by atoms with Crippen LogP contribution < -0.4 is 5.56 Å². The van der Waals surface area contributed by atoms with Crippen LogP contribution in [0, 0.1) is 0 Å². The molecule has 0 atom stereocenters. The van der Waals surface area contributed by atoms with Crippen molar-refractivity contribution in [3.63, 3.8) is 0 Å². The molecule has 0 bridgehead atoms. The van der Waals surface area contributed by atoms with Crippen LogP contribution in [0.4, 0.5) is 0 Å². The number of aryl methyl sites for hydroxylation is 1. The molecule has 2 aromatic rings. The van der Waals surface area contributed by atoms with Gasteiger partial charge in [0.2, 0.25) is 0 Å². The Balaban J connectivity index is 2.48. The number of carboxylic acid groups (broad SMARTS) is 1. The van der Waals surface area contributed by atoms with E-state index in [0.717, 1.165) is 0 Å². The van der Waals surface area contributed by atoms with Gasteiger partial charge in [-0.25, -0.2) is 14.8 Å². The van der Waals surface area contributed by atoms with Gasteiger partial charge >= 0.3 is 5.97 Å². The second-order valence-electron chi connectivity index (χ2n) is 3.38. The molecular formula is C10H10N4O3. The predicted octanol–water partition coefficient (Wildman–Crippen LogP) is 0.216. The van der Waals surface area contributed by atoms with Crippen molar-refractivity contribution >= 4 is 5.97 Å². The minimum Gasteiger partial charge on any atom is -0.476 e. The summed E-state index contributed by atoms with van der Waals surface area (Å²) >= 11 is 0. The van der Waals surface area contributed by atoms with Gasteiger partial charge in [-0.1, -0.05) is 6.92 Å². The highest BCUT2D eigenvalue weighted by Crippen LogP contribution is 2.04. The summed E-state index contributed by atoms with van der Waals surface area (Å²) in [6, 6.07) is 1.28. The van der Waals surface area contributed by atoms with Gasteiger partial charge in [0.15, 0.2) is 5.69 Å². The van der Waals surface area contributed by atoms with Crippen molar-refractivity contribution in [2.24, 2.45) is 0 Å². The number of nitrogens with one attached hydrogen (secondary N) is 1. The van der Waals surface area contributed by atoms with E-state index in [2.05, 4.69) is 15.0 Å². The van der Waals surface area contributed by atoms with Crippen molar-refractivity contribution < 1.29 is 9.90 Å². The molecule has 0 aliphatic carbocycles. The number of imidazole rings is 1. The highest BCUT2D eigenvalue weighted by Gasteiger charge is 2.09. The Bertz CT molecular complexity index is 614. The molecule has 2 N–H and O–H groups in total. The van der Waals surface area contributed by atoms with E-state index in [4.69, 9.17) is 5.11 Å². The summed E-state index contributed by atoms with van der Waals surface area (Å²) in [6.45, 7) is 1.86. The second-order valence-corrected chi connectivity index (χ2v) is 3.38. The summed E-state index contributed by atoms with van der Waals surface area (Å²) < 4.78 is 1.40. The lowest BCUT2D eigenvalue weighted by atomic mass is 10.4. The molecule has 0 saturated heterocycles. The minimum absolute atomic E-state index is 0.0925. The highest BCUT2D eigenvalue weighted by atomic mass is 16.4. The quantitative estimate of drug-likeness (QED) is 0.790. The molecule has 0 fully saturated rings. The Labute approximate surface area is 95.8 Å². The maximum Gasteiger partial charge on any atom is 0.356 e. The number of hydrogen-bond acceptors (Lipinski definition) is 4. The molecule has 7 nitrogen and oxygen atoms in total. The standard InChI is InChI=1S/C10H10N4O3/c1-2-7-12-8(3-9(15)13-7)14-4-6(10(16)17)11-5-14/h3-5H,2H2,1H3,(H,16,17)(H,12,13,15). The average Bonchev–Trinajstić information content (AvgIpc) is 2.77. The van der Waals surface area contributed by atoms with E-state index in [1.807, 2.05) is 6.92 Å². The van der Waals surface area contributed by atoms with E-state index < -0.39 is 5.97 Å². The first-order valence-electron chi connectivity index (χ1n) is 4.98.